The van der Waals surface area contributed by atoms with Gasteiger partial charge in [-0.05, 0) is 50.2 Å². The Hall–Kier alpha value is -2.51. The molecule has 0 aliphatic rings. The molecule has 1 aromatic carbocycles. The maximum Gasteiger partial charge on any atom is 0.338 e. The number of ether oxygens (including phenoxy) is 2. The largest absolute Gasteiger partial charge is 0.487 e. The molecule has 0 aliphatic heterocycles. The minimum Gasteiger partial charge on any atom is -0.487 e. The lowest BCUT2D eigenvalue weighted by Gasteiger charge is -2.06. The van der Waals surface area contributed by atoms with Crippen molar-refractivity contribution >= 4 is 34.4 Å². The molecule has 7 heteroatoms. The first-order chi connectivity index (χ1) is 12.5. The number of thiazole rings is 1. The second-order valence-electron chi connectivity index (χ2n) is 5.58. The molecule has 0 bridgehead atoms. The fourth-order valence-electron chi connectivity index (χ4n) is 2.19. The van der Waals surface area contributed by atoms with Gasteiger partial charge in [0.1, 0.15) is 12.4 Å². The van der Waals surface area contributed by atoms with Crippen molar-refractivity contribution in [1.29, 1.82) is 0 Å². The Morgan fingerprint density at radius 3 is 2.46 bits per heavy atom. The van der Waals surface area contributed by atoms with Crippen molar-refractivity contribution in [2.24, 2.45) is 0 Å². The zero-order valence-corrected chi connectivity index (χ0v) is 16.0. The van der Waals surface area contributed by atoms with E-state index >= 15 is 0 Å². The number of hydrogen-bond donors (Lipinski definition) is 0. The summed E-state index contributed by atoms with van der Waals surface area (Å²) in [7, 11) is 0. The molecule has 3 aromatic rings. The molecule has 0 atom stereocenters. The Kier molecular flexibility index (Phi) is 5.80. The summed E-state index contributed by atoms with van der Waals surface area (Å²) >= 11 is 2.96. The molecule has 0 N–H and O–H groups in total. The molecule has 0 radical (unpaired) electrons. The van der Waals surface area contributed by atoms with Crippen molar-refractivity contribution in [3.8, 4) is 5.75 Å². The third-order valence-electron chi connectivity index (χ3n) is 3.49. The van der Waals surface area contributed by atoms with E-state index in [1.165, 1.54) is 11.3 Å². The number of aryl methyl sites for hydroxylation is 2. The zero-order chi connectivity index (χ0) is 18.5. The lowest BCUT2D eigenvalue weighted by molar-refractivity contribution is 0.0476. The number of thiophene rings is 1. The number of carbonyl (C=O) groups excluding carboxylic acids is 2. The highest BCUT2D eigenvalue weighted by atomic mass is 32.1. The van der Waals surface area contributed by atoms with E-state index in [1.54, 1.807) is 41.7 Å². The number of esters is 1. The number of Topliss-reactive ketones (excluding diaryl/α,β-unsaturated/α-hetero) is 1. The minimum atomic E-state index is -0.534. The minimum absolute atomic E-state index is 0.199. The first kappa shape index (κ1) is 18.3. The average Bonchev–Trinajstić information content (AvgIpc) is 3.26. The van der Waals surface area contributed by atoms with Gasteiger partial charge in [0, 0.05) is 10.3 Å². The molecule has 3 rings (SSSR count). The van der Waals surface area contributed by atoms with Gasteiger partial charge in [0.2, 0.25) is 5.78 Å². The van der Waals surface area contributed by atoms with Crippen LogP contribution in [0.2, 0.25) is 0 Å². The molecule has 134 valence electrons. The Morgan fingerprint density at radius 1 is 1.08 bits per heavy atom. The highest BCUT2D eigenvalue weighted by Gasteiger charge is 2.13. The van der Waals surface area contributed by atoms with Gasteiger partial charge < -0.3 is 9.47 Å². The average molecular weight is 387 g/mol. The fraction of sp³-hybridized carbons (Fsp3) is 0.211. The summed E-state index contributed by atoms with van der Waals surface area (Å²) < 4.78 is 10.7. The Labute approximate surface area is 159 Å². The molecular weight excluding hydrogens is 370 g/mol. The number of ketones is 1. The van der Waals surface area contributed by atoms with E-state index < -0.39 is 5.97 Å². The van der Waals surface area contributed by atoms with Crippen molar-refractivity contribution in [3.63, 3.8) is 0 Å². The smallest absolute Gasteiger partial charge is 0.338 e. The maximum absolute atomic E-state index is 12.1. The van der Waals surface area contributed by atoms with Crippen molar-refractivity contribution in [3.05, 3.63) is 67.8 Å². The second-order valence-corrected chi connectivity index (χ2v) is 7.93. The van der Waals surface area contributed by atoms with Crippen LogP contribution in [0, 0.1) is 13.8 Å². The lowest BCUT2D eigenvalue weighted by Crippen LogP contribution is -2.13. The summed E-state index contributed by atoms with van der Waals surface area (Å²) in [5, 5.41) is 2.95. The summed E-state index contributed by atoms with van der Waals surface area (Å²) in [5.74, 6) is -0.0967. The van der Waals surface area contributed by atoms with Crippen LogP contribution < -0.4 is 4.74 Å². The highest BCUT2D eigenvalue weighted by molar-refractivity contribution is 7.14. The van der Waals surface area contributed by atoms with Crippen LogP contribution in [0.1, 0.15) is 35.6 Å². The number of hydrogen-bond acceptors (Lipinski definition) is 7. The first-order valence-corrected chi connectivity index (χ1v) is 9.61. The highest BCUT2D eigenvalue weighted by Crippen LogP contribution is 2.17. The number of aromatic nitrogens is 1. The molecule has 0 unspecified atom stereocenters. The predicted molar refractivity (Wildman–Crippen MR) is 101 cm³/mol. The van der Waals surface area contributed by atoms with Crippen molar-refractivity contribution < 1.29 is 19.1 Å². The van der Waals surface area contributed by atoms with Gasteiger partial charge in [0.25, 0.3) is 0 Å². The van der Waals surface area contributed by atoms with Gasteiger partial charge in [-0.1, -0.05) is 0 Å². The summed E-state index contributed by atoms with van der Waals surface area (Å²) in [6, 6.07) is 10.2. The van der Waals surface area contributed by atoms with Gasteiger partial charge >= 0.3 is 5.97 Å². The fourth-order valence-corrected chi connectivity index (χ4v) is 3.58. The van der Waals surface area contributed by atoms with Crippen LogP contribution in [0.3, 0.4) is 0 Å². The van der Waals surface area contributed by atoms with E-state index in [-0.39, 0.29) is 12.4 Å². The van der Waals surface area contributed by atoms with Crippen LogP contribution in [-0.4, -0.2) is 23.3 Å². The van der Waals surface area contributed by atoms with E-state index in [4.69, 9.17) is 9.47 Å². The topological polar surface area (TPSA) is 65.5 Å². The van der Waals surface area contributed by atoms with Crippen molar-refractivity contribution in [2.45, 2.75) is 20.5 Å². The van der Waals surface area contributed by atoms with Crippen molar-refractivity contribution in [2.75, 3.05) is 6.61 Å². The molecule has 0 spiro atoms. The van der Waals surface area contributed by atoms with E-state index in [9.17, 15) is 9.59 Å². The lowest BCUT2D eigenvalue weighted by atomic mass is 10.2. The summed E-state index contributed by atoms with van der Waals surface area (Å²) in [4.78, 5) is 30.0. The Balaban J connectivity index is 1.50. The first-order valence-electron chi connectivity index (χ1n) is 7.92. The van der Waals surface area contributed by atoms with Gasteiger partial charge in [0.15, 0.2) is 6.61 Å². The predicted octanol–water partition coefficient (Wildman–Crippen LogP) is 4.44. The number of carbonyl (C=O) groups is 2. The quantitative estimate of drug-likeness (QED) is 0.443. The van der Waals surface area contributed by atoms with E-state index in [1.807, 2.05) is 25.3 Å². The monoisotopic (exact) mass is 387 g/mol. The van der Waals surface area contributed by atoms with Crippen LogP contribution in [0.25, 0.3) is 0 Å². The second kappa shape index (κ2) is 8.25. The number of rotatable bonds is 7. The molecular formula is C19H17NO4S2. The number of nitrogens with zero attached hydrogens (tertiary/aromatic N) is 1. The van der Waals surface area contributed by atoms with Crippen LogP contribution in [-0.2, 0) is 11.3 Å². The maximum atomic E-state index is 12.1. The summed E-state index contributed by atoms with van der Waals surface area (Å²) in [6.07, 6.45) is 0. The Morgan fingerprint density at radius 2 is 1.85 bits per heavy atom. The van der Waals surface area contributed by atoms with Crippen LogP contribution in [0.4, 0.5) is 0 Å². The molecule has 26 heavy (non-hydrogen) atoms. The van der Waals surface area contributed by atoms with Crippen LogP contribution in [0.5, 0.6) is 5.75 Å². The molecule has 0 fully saturated rings. The van der Waals surface area contributed by atoms with Gasteiger partial charge in [-0.15, -0.1) is 22.7 Å². The van der Waals surface area contributed by atoms with E-state index in [0.29, 0.717) is 22.8 Å². The molecule has 0 aliphatic carbocycles. The summed E-state index contributed by atoms with van der Waals surface area (Å²) in [5.41, 5.74) is 1.25. The van der Waals surface area contributed by atoms with Crippen LogP contribution >= 0.6 is 22.7 Å². The van der Waals surface area contributed by atoms with Gasteiger partial charge in [-0.3, -0.25) is 4.79 Å². The molecule has 2 aromatic heterocycles. The van der Waals surface area contributed by atoms with Gasteiger partial charge in [-0.2, -0.15) is 0 Å². The third kappa shape index (κ3) is 4.77. The normalized spacial score (nSPS) is 10.5. The van der Waals surface area contributed by atoms with Crippen molar-refractivity contribution in [1.82, 2.24) is 4.98 Å². The number of benzene rings is 1. The zero-order valence-electron chi connectivity index (χ0n) is 14.4. The van der Waals surface area contributed by atoms with E-state index in [2.05, 4.69) is 4.98 Å². The third-order valence-corrected chi connectivity index (χ3v) is 5.36. The molecule has 2 heterocycles. The van der Waals surface area contributed by atoms with E-state index in [0.717, 1.165) is 15.6 Å². The van der Waals surface area contributed by atoms with Gasteiger partial charge in [0.05, 0.1) is 21.1 Å². The summed E-state index contributed by atoms with van der Waals surface area (Å²) in [6.45, 7) is 3.98. The van der Waals surface area contributed by atoms with Gasteiger partial charge in [-0.25, -0.2) is 9.78 Å². The Bertz CT molecular complexity index is 912. The van der Waals surface area contributed by atoms with Crippen LogP contribution in [0.15, 0.2) is 41.8 Å². The standard InChI is InChI=1S/C19H17NO4S2/c1-12-3-8-18(26-12)17(21)10-24-19(22)14-4-6-16(7-5-14)23-9-15-11-25-13(2)20-15/h3-8,11H,9-10H2,1-2H3. The molecule has 0 saturated heterocycles. The molecule has 5 nitrogen and oxygen atoms in total. The molecule has 0 saturated carbocycles. The SMILES string of the molecule is Cc1ccc(C(=O)COC(=O)c2ccc(OCc3csc(C)n3)cc2)s1. The molecule has 0 amide bonds.